The number of hydrogen-bond acceptors (Lipinski definition) is 6. The molecule has 8 heteroatoms. The Labute approximate surface area is 167 Å². The minimum absolute atomic E-state index is 0.140. The number of benzene rings is 1. The Hall–Kier alpha value is -2.32. The number of thioether (sulfide) groups is 1. The summed E-state index contributed by atoms with van der Waals surface area (Å²) >= 11 is 1.62. The van der Waals surface area contributed by atoms with Gasteiger partial charge in [-0.25, -0.2) is 4.79 Å². The third-order valence-electron chi connectivity index (χ3n) is 4.84. The second kappa shape index (κ2) is 9.25. The van der Waals surface area contributed by atoms with Crippen molar-refractivity contribution < 1.29 is 14.0 Å². The van der Waals surface area contributed by atoms with Crippen LogP contribution in [-0.2, 0) is 9.59 Å². The van der Waals surface area contributed by atoms with Crippen LogP contribution in [0.2, 0.25) is 0 Å². The first kappa shape index (κ1) is 20.4. The normalized spacial score (nSPS) is 17.4. The van der Waals surface area contributed by atoms with Crippen LogP contribution in [0.4, 0.5) is 5.69 Å². The molecule has 0 saturated carbocycles. The zero-order chi connectivity index (χ0) is 20.1. The highest BCUT2D eigenvalue weighted by molar-refractivity contribution is 7.98. The number of carbonyl (C=O) groups is 2. The van der Waals surface area contributed by atoms with E-state index in [4.69, 9.17) is 4.42 Å². The molecule has 28 heavy (non-hydrogen) atoms. The summed E-state index contributed by atoms with van der Waals surface area (Å²) < 4.78 is 5.23. The average molecular weight is 404 g/mol. The summed E-state index contributed by atoms with van der Waals surface area (Å²) in [6.07, 6.45) is 4.24. The molecule has 0 unspecified atom stereocenters. The van der Waals surface area contributed by atoms with E-state index in [1.54, 1.807) is 30.0 Å². The number of rotatable bonds is 7. The number of carbonyl (C=O) groups excluding carboxylic acids is 2. The van der Waals surface area contributed by atoms with Gasteiger partial charge in [0.25, 0.3) is 0 Å². The van der Waals surface area contributed by atoms with E-state index < -0.39 is 11.7 Å². The first-order valence-corrected chi connectivity index (χ1v) is 10.8. The van der Waals surface area contributed by atoms with Crippen LogP contribution in [0.15, 0.2) is 33.5 Å². The Morgan fingerprint density at radius 1 is 1.36 bits per heavy atom. The van der Waals surface area contributed by atoms with Gasteiger partial charge in [-0.15, -0.1) is 0 Å². The average Bonchev–Trinajstić information content (AvgIpc) is 3.19. The number of fused-ring (bicyclic) bond motifs is 1. The summed E-state index contributed by atoms with van der Waals surface area (Å²) in [6.45, 7) is 2.66. The van der Waals surface area contributed by atoms with E-state index >= 15 is 0 Å². The van der Waals surface area contributed by atoms with Crippen LogP contribution in [0, 0.1) is 6.92 Å². The van der Waals surface area contributed by atoms with Crippen LogP contribution < -0.4 is 21.6 Å². The SMILES string of the molecule is CSCC[C@H](NC(=O)[C@@H]1CCCN1)C(=O)Nc1ccc2c(C)cc(=O)oc2c1. The summed E-state index contributed by atoms with van der Waals surface area (Å²) in [5.41, 5.74) is 1.33. The molecule has 150 valence electrons. The molecule has 0 radical (unpaired) electrons. The van der Waals surface area contributed by atoms with Gasteiger partial charge in [0, 0.05) is 23.2 Å². The molecule has 1 saturated heterocycles. The molecular weight excluding hydrogens is 378 g/mol. The summed E-state index contributed by atoms with van der Waals surface area (Å²) in [6, 6.07) is 5.78. The molecule has 1 aliphatic rings. The van der Waals surface area contributed by atoms with Crippen molar-refractivity contribution in [1.82, 2.24) is 10.6 Å². The van der Waals surface area contributed by atoms with E-state index in [2.05, 4.69) is 16.0 Å². The minimum Gasteiger partial charge on any atom is -0.423 e. The first-order valence-electron chi connectivity index (χ1n) is 9.36. The summed E-state index contributed by atoms with van der Waals surface area (Å²) in [5.74, 6) is 0.330. The van der Waals surface area contributed by atoms with Crippen LogP contribution in [0.25, 0.3) is 11.0 Å². The van der Waals surface area contributed by atoms with Gasteiger partial charge in [-0.2, -0.15) is 11.8 Å². The molecule has 1 aromatic heterocycles. The Morgan fingerprint density at radius 3 is 2.89 bits per heavy atom. The second-order valence-corrected chi connectivity index (χ2v) is 7.93. The molecule has 2 heterocycles. The fraction of sp³-hybridized carbons (Fsp3) is 0.450. The monoisotopic (exact) mass is 403 g/mol. The van der Waals surface area contributed by atoms with Gasteiger partial charge in [-0.05, 0) is 62.4 Å². The Kier molecular flexibility index (Phi) is 6.74. The zero-order valence-corrected chi connectivity index (χ0v) is 16.9. The van der Waals surface area contributed by atoms with Crippen molar-refractivity contribution >= 4 is 40.2 Å². The molecule has 2 aromatic rings. The van der Waals surface area contributed by atoms with E-state index in [0.717, 1.165) is 36.1 Å². The lowest BCUT2D eigenvalue weighted by atomic mass is 10.1. The van der Waals surface area contributed by atoms with Gasteiger partial charge in [-0.3, -0.25) is 9.59 Å². The molecule has 7 nitrogen and oxygen atoms in total. The Bertz CT molecular complexity index is 921. The maximum Gasteiger partial charge on any atom is 0.336 e. The predicted octanol–water partition coefficient (Wildman–Crippen LogP) is 2.03. The second-order valence-electron chi connectivity index (χ2n) is 6.94. The van der Waals surface area contributed by atoms with E-state index in [-0.39, 0.29) is 17.9 Å². The summed E-state index contributed by atoms with van der Waals surface area (Å²) in [5, 5.41) is 9.66. The highest BCUT2D eigenvalue weighted by atomic mass is 32.2. The fourth-order valence-electron chi connectivity index (χ4n) is 3.32. The molecular formula is C20H25N3O4S. The van der Waals surface area contributed by atoms with Crippen molar-refractivity contribution in [2.45, 2.75) is 38.3 Å². The van der Waals surface area contributed by atoms with Crippen LogP contribution in [0.3, 0.4) is 0 Å². The third kappa shape index (κ3) is 4.94. The van der Waals surface area contributed by atoms with Crippen LogP contribution in [-0.4, -0.2) is 42.5 Å². The minimum atomic E-state index is -0.623. The van der Waals surface area contributed by atoms with E-state index in [9.17, 15) is 14.4 Å². The fourth-order valence-corrected chi connectivity index (χ4v) is 3.79. The number of nitrogens with one attached hydrogen (secondary N) is 3. The number of hydrogen-bond donors (Lipinski definition) is 3. The van der Waals surface area contributed by atoms with Crippen molar-refractivity contribution in [3.8, 4) is 0 Å². The van der Waals surface area contributed by atoms with Crippen LogP contribution in [0.1, 0.15) is 24.8 Å². The molecule has 0 spiro atoms. The lowest BCUT2D eigenvalue weighted by Crippen LogP contribution is -2.50. The number of anilines is 1. The van der Waals surface area contributed by atoms with E-state index in [0.29, 0.717) is 17.7 Å². The Balaban J connectivity index is 1.74. The standard InChI is InChI=1S/C20H25N3O4S/c1-12-10-18(24)27-17-11-13(5-6-14(12)17)22-20(26)16(7-9-28-2)23-19(25)15-4-3-8-21-15/h5-6,10-11,15-16,21H,3-4,7-9H2,1-2H3,(H,22,26)(H,23,25)/t15-,16-/m0/s1. The molecule has 1 fully saturated rings. The van der Waals surface area contributed by atoms with Gasteiger partial charge in [0.1, 0.15) is 11.6 Å². The van der Waals surface area contributed by atoms with Gasteiger partial charge in [0.2, 0.25) is 11.8 Å². The maximum atomic E-state index is 12.8. The maximum absolute atomic E-state index is 12.8. The van der Waals surface area contributed by atoms with Crippen molar-refractivity contribution in [3.63, 3.8) is 0 Å². The van der Waals surface area contributed by atoms with Gasteiger partial charge in [0.05, 0.1) is 6.04 Å². The molecule has 2 atom stereocenters. The van der Waals surface area contributed by atoms with E-state index in [1.165, 1.54) is 6.07 Å². The molecule has 1 aliphatic heterocycles. The quantitative estimate of drug-likeness (QED) is 0.612. The molecule has 3 N–H and O–H groups in total. The third-order valence-corrected chi connectivity index (χ3v) is 5.48. The summed E-state index contributed by atoms with van der Waals surface area (Å²) in [4.78, 5) is 36.8. The first-order chi connectivity index (χ1) is 13.5. The smallest absolute Gasteiger partial charge is 0.336 e. The number of amides is 2. The highest BCUT2D eigenvalue weighted by Gasteiger charge is 2.27. The van der Waals surface area contributed by atoms with Gasteiger partial charge in [0.15, 0.2) is 0 Å². The van der Waals surface area contributed by atoms with Crippen molar-refractivity contribution in [1.29, 1.82) is 0 Å². The van der Waals surface area contributed by atoms with Gasteiger partial charge < -0.3 is 20.4 Å². The van der Waals surface area contributed by atoms with Gasteiger partial charge in [-0.1, -0.05) is 0 Å². The van der Waals surface area contributed by atoms with Gasteiger partial charge >= 0.3 is 5.63 Å². The molecule has 0 bridgehead atoms. The largest absolute Gasteiger partial charge is 0.423 e. The van der Waals surface area contributed by atoms with Crippen molar-refractivity contribution in [2.24, 2.45) is 0 Å². The molecule has 0 aliphatic carbocycles. The number of aryl methyl sites for hydroxylation is 1. The lowest BCUT2D eigenvalue weighted by Gasteiger charge is -2.20. The molecule has 1 aromatic carbocycles. The van der Waals surface area contributed by atoms with Crippen molar-refractivity contribution in [2.75, 3.05) is 23.9 Å². The lowest BCUT2D eigenvalue weighted by molar-refractivity contribution is -0.127. The Morgan fingerprint density at radius 2 is 2.18 bits per heavy atom. The van der Waals surface area contributed by atoms with E-state index in [1.807, 2.05) is 13.2 Å². The van der Waals surface area contributed by atoms with Crippen LogP contribution >= 0.6 is 11.8 Å². The molecule has 2 amide bonds. The highest BCUT2D eigenvalue weighted by Crippen LogP contribution is 2.21. The topological polar surface area (TPSA) is 100 Å². The van der Waals surface area contributed by atoms with Crippen LogP contribution in [0.5, 0.6) is 0 Å². The predicted molar refractivity (Wildman–Crippen MR) is 112 cm³/mol. The van der Waals surface area contributed by atoms with Crippen molar-refractivity contribution in [3.05, 3.63) is 40.2 Å². The zero-order valence-electron chi connectivity index (χ0n) is 16.0. The summed E-state index contributed by atoms with van der Waals surface area (Å²) in [7, 11) is 0. The molecule has 3 rings (SSSR count).